The van der Waals surface area contributed by atoms with Crippen molar-refractivity contribution in [3.8, 4) is 0 Å². The molecular formula is C11H15N3O2. The third-order valence-corrected chi connectivity index (χ3v) is 2.67. The van der Waals surface area contributed by atoms with Crippen molar-refractivity contribution in [1.82, 2.24) is 9.97 Å². The van der Waals surface area contributed by atoms with Crippen LogP contribution >= 0.6 is 0 Å². The molecule has 0 bridgehead atoms. The number of anilines is 1. The number of aryl methyl sites for hydroxylation is 1. The van der Waals surface area contributed by atoms with E-state index in [1.807, 2.05) is 0 Å². The monoisotopic (exact) mass is 221 g/mol. The first-order valence-corrected chi connectivity index (χ1v) is 5.51. The van der Waals surface area contributed by atoms with E-state index in [0.29, 0.717) is 12.4 Å². The van der Waals surface area contributed by atoms with Crippen molar-refractivity contribution >= 4 is 11.9 Å². The van der Waals surface area contributed by atoms with E-state index in [0.717, 1.165) is 18.4 Å². The fourth-order valence-electron chi connectivity index (χ4n) is 1.64. The minimum Gasteiger partial charge on any atom is -0.481 e. The van der Waals surface area contributed by atoms with Crippen LogP contribution in [0.2, 0.25) is 0 Å². The van der Waals surface area contributed by atoms with Gasteiger partial charge in [-0.1, -0.05) is 13.3 Å². The zero-order chi connectivity index (χ0) is 11.5. The standard InChI is InChI=1S/C11H15N3O2/c1-2-3-7-5-12-11(13-6-7)14-9-4-8(9)10(15)16/h5-6,8-9H,2-4H2,1H3,(H,15,16)(H,12,13,14). The summed E-state index contributed by atoms with van der Waals surface area (Å²) in [5.41, 5.74) is 1.11. The van der Waals surface area contributed by atoms with Gasteiger partial charge >= 0.3 is 5.97 Å². The molecule has 2 rings (SSSR count). The molecule has 1 saturated carbocycles. The molecule has 1 aromatic heterocycles. The predicted molar refractivity (Wildman–Crippen MR) is 59.2 cm³/mol. The molecule has 2 unspecified atom stereocenters. The quantitative estimate of drug-likeness (QED) is 0.784. The number of carboxylic acids is 1. The fraction of sp³-hybridized carbons (Fsp3) is 0.545. The van der Waals surface area contributed by atoms with E-state index in [1.54, 1.807) is 12.4 Å². The molecule has 1 aliphatic carbocycles. The van der Waals surface area contributed by atoms with E-state index in [9.17, 15) is 4.79 Å². The number of hydrogen-bond donors (Lipinski definition) is 2. The SMILES string of the molecule is CCCc1cnc(NC2CC2C(=O)O)nc1. The van der Waals surface area contributed by atoms with Gasteiger partial charge in [0.2, 0.25) is 5.95 Å². The second kappa shape index (κ2) is 4.47. The molecule has 0 amide bonds. The number of carboxylic acid groups (broad SMARTS) is 1. The Morgan fingerprint density at radius 2 is 2.25 bits per heavy atom. The van der Waals surface area contributed by atoms with Crippen molar-refractivity contribution in [3.63, 3.8) is 0 Å². The van der Waals surface area contributed by atoms with Crippen LogP contribution in [0.1, 0.15) is 25.3 Å². The lowest BCUT2D eigenvalue weighted by molar-refractivity contribution is -0.138. The highest BCUT2D eigenvalue weighted by Gasteiger charge is 2.43. The van der Waals surface area contributed by atoms with Gasteiger partial charge in [-0.25, -0.2) is 9.97 Å². The highest BCUT2D eigenvalue weighted by molar-refractivity contribution is 5.75. The maximum Gasteiger partial charge on any atom is 0.308 e. The first kappa shape index (κ1) is 10.9. The summed E-state index contributed by atoms with van der Waals surface area (Å²) in [6.45, 7) is 2.10. The molecule has 0 aliphatic heterocycles. The molecule has 0 saturated heterocycles. The molecule has 2 N–H and O–H groups in total. The van der Waals surface area contributed by atoms with Crippen LogP contribution < -0.4 is 5.32 Å². The number of aliphatic carboxylic acids is 1. The molecule has 0 radical (unpaired) electrons. The highest BCUT2D eigenvalue weighted by Crippen LogP contribution is 2.32. The first-order chi connectivity index (χ1) is 7.70. The zero-order valence-corrected chi connectivity index (χ0v) is 9.18. The number of nitrogens with zero attached hydrogens (tertiary/aromatic N) is 2. The summed E-state index contributed by atoms with van der Waals surface area (Å²) >= 11 is 0. The van der Waals surface area contributed by atoms with Crippen molar-refractivity contribution in [3.05, 3.63) is 18.0 Å². The highest BCUT2D eigenvalue weighted by atomic mass is 16.4. The molecule has 1 aliphatic rings. The van der Waals surface area contributed by atoms with Crippen molar-refractivity contribution in [1.29, 1.82) is 0 Å². The van der Waals surface area contributed by atoms with E-state index in [-0.39, 0.29) is 12.0 Å². The molecular weight excluding hydrogens is 206 g/mol. The summed E-state index contributed by atoms with van der Waals surface area (Å²) in [4.78, 5) is 18.9. The molecule has 16 heavy (non-hydrogen) atoms. The average molecular weight is 221 g/mol. The molecule has 1 heterocycles. The Bertz CT molecular complexity index is 377. The molecule has 0 spiro atoms. The van der Waals surface area contributed by atoms with Gasteiger partial charge in [-0.3, -0.25) is 4.79 Å². The van der Waals surface area contributed by atoms with Gasteiger partial charge in [0.15, 0.2) is 0 Å². The third kappa shape index (κ3) is 2.48. The summed E-state index contributed by atoms with van der Waals surface area (Å²) in [6, 6.07) is -0.00507. The lowest BCUT2D eigenvalue weighted by Gasteiger charge is -2.03. The lowest BCUT2D eigenvalue weighted by atomic mass is 10.2. The van der Waals surface area contributed by atoms with Crippen molar-refractivity contribution in [2.24, 2.45) is 5.92 Å². The van der Waals surface area contributed by atoms with Gasteiger partial charge in [0, 0.05) is 18.4 Å². The Morgan fingerprint density at radius 3 is 2.75 bits per heavy atom. The number of aromatic nitrogens is 2. The fourth-order valence-corrected chi connectivity index (χ4v) is 1.64. The topological polar surface area (TPSA) is 75.1 Å². The number of hydrogen-bond acceptors (Lipinski definition) is 4. The lowest BCUT2D eigenvalue weighted by Crippen LogP contribution is -2.12. The summed E-state index contributed by atoms with van der Waals surface area (Å²) in [7, 11) is 0. The Kier molecular flexibility index (Phi) is 3.03. The van der Waals surface area contributed by atoms with E-state index in [4.69, 9.17) is 5.11 Å². The molecule has 0 aromatic carbocycles. The largest absolute Gasteiger partial charge is 0.481 e. The maximum absolute atomic E-state index is 10.6. The van der Waals surface area contributed by atoms with E-state index in [1.165, 1.54) is 0 Å². The molecule has 86 valence electrons. The summed E-state index contributed by atoms with van der Waals surface area (Å²) in [5, 5.41) is 11.7. The summed E-state index contributed by atoms with van der Waals surface area (Å²) in [6.07, 6.45) is 6.28. The first-order valence-electron chi connectivity index (χ1n) is 5.51. The van der Waals surface area contributed by atoms with Crippen LogP contribution in [0, 0.1) is 5.92 Å². The van der Waals surface area contributed by atoms with Crippen molar-refractivity contribution in [2.45, 2.75) is 32.2 Å². The van der Waals surface area contributed by atoms with Crippen LogP contribution in [0.4, 0.5) is 5.95 Å². The Labute approximate surface area is 93.9 Å². The second-order valence-corrected chi connectivity index (χ2v) is 4.10. The van der Waals surface area contributed by atoms with E-state index < -0.39 is 5.97 Å². The van der Waals surface area contributed by atoms with Crippen LogP contribution in [-0.2, 0) is 11.2 Å². The minimum absolute atomic E-state index is 0.00507. The molecule has 5 nitrogen and oxygen atoms in total. The Morgan fingerprint density at radius 1 is 1.56 bits per heavy atom. The van der Waals surface area contributed by atoms with Gasteiger partial charge in [0.25, 0.3) is 0 Å². The Hall–Kier alpha value is -1.65. The number of carbonyl (C=O) groups is 1. The zero-order valence-electron chi connectivity index (χ0n) is 9.18. The third-order valence-electron chi connectivity index (χ3n) is 2.67. The van der Waals surface area contributed by atoms with Gasteiger partial charge in [0.1, 0.15) is 0 Å². The van der Waals surface area contributed by atoms with Crippen LogP contribution in [0.5, 0.6) is 0 Å². The van der Waals surface area contributed by atoms with Gasteiger partial charge in [-0.05, 0) is 18.4 Å². The summed E-state index contributed by atoms with van der Waals surface area (Å²) in [5.74, 6) is -0.507. The van der Waals surface area contributed by atoms with Gasteiger partial charge < -0.3 is 10.4 Å². The van der Waals surface area contributed by atoms with Gasteiger partial charge in [0.05, 0.1) is 5.92 Å². The molecule has 1 fully saturated rings. The minimum atomic E-state index is -0.750. The van der Waals surface area contributed by atoms with Crippen molar-refractivity contribution in [2.75, 3.05) is 5.32 Å². The van der Waals surface area contributed by atoms with E-state index >= 15 is 0 Å². The molecule has 5 heteroatoms. The van der Waals surface area contributed by atoms with Crippen LogP contribution in [0.15, 0.2) is 12.4 Å². The average Bonchev–Trinajstić information content (AvgIpc) is 3.01. The van der Waals surface area contributed by atoms with Crippen LogP contribution in [0.3, 0.4) is 0 Å². The van der Waals surface area contributed by atoms with Crippen LogP contribution in [0.25, 0.3) is 0 Å². The smallest absolute Gasteiger partial charge is 0.308 e. The normalized spacial score (nSPS) is 22.8. The Balaban J connectivity index is 1.89. The van der Waals surface area contributed by atoms with Crippen LogP contribution in [-0.4, -0.2) is 27.1 Å². The van der Waals surface area contributed by atoms with Gasteiger partial charge in [-0.2, -0.15) is 0 Å². The number of nitrogens with one attached hydrogen (secondary N) is 1. The van der Waals surface area contributed by atoms with Gasteiger partial charge in [-0.15, -0.1) is 0 Å². The predicted octanol–water partition coefficient (Wildman–Crippen LogP) is 1.31. The molecule has 1 aromatic rings. The van der Waals surface area contributed by atoms with E-state index in [2.05, 4.69) is 22.2 Å². The summed E-state index contributed by atoms with van der Waals surface area (Å²) < 4.78 is 0. The number of rotatable bonds is 5. The van der Waals surface area contributed by atoms with Crippen molar-refractivity contribution < 1.29 is 9.90 Å². The maximum atomic E-state index is 10.6. The second-order valence-electron chi connectivity index (χ2n) is 4.10. The molecule has 2 atom stereocenters.